The van der Waals surface area contributed by atoms with Gasteiger partial charge in [-0.3, -0.25) is 9.59 Å². The van der Waals surface area contributed by atoms with Crippen molar-refractivity contribution >= 4 is 11.9 Å². The van der Waals surface area contributed by atoms with E-state index >= 15 is 0 Å². The number of rotatable bonds is 42. The Kier molecular flexibility index (Phi) is 48.9. The number of hydrogen-bond acceptors (Lipinski definition) is 6. The standard InChI is InChI=1S/2C24H49NO2/c2*1-4-7-10-13-18-23(17-9-6-3)22-27-24(26)19-14-12-16-21-25-20-15-11-8-5-2/h2*23,25H,4-22H2,1-3H3. The summed E-state index contributed by atoms with van der Waals surface area (Å²) in [6.07, 6.45) is 38.5. The third kappa shape index (κ3) is 45.3. The van der Waals surface area contributed by atoms with Crippen LogP contribution in [0, 0.1) is 11.8 Å². The molecule has 0 saturated carbocycles. The van der Waals surface area contributed by atoms with Crippen LogP contribution in [0.3, 0.4) is 0 Å². The highest BCUT2D eigenvalue weighted by molar-refractivity contribution is 5.69. The molecule has 0 spiro atoms. The molecule has 0 aliphatic heterocycles. The highest BCUT2D eigenvalue weighted by Crippen LogP contribution is 2.20. The normalized spacial score (nSPS) is 12.3. The maximum absolute atomic E-state index is 12.0. The van der Waals surface area contributed by atoms with Gasteiger partial charge in [-0.25, -0.2) is 0 Å². The zero-order valence-corrected chi connectivity index (χ0v) is 37.7. The molecule has 0 rings (SSSR count). The summed E-state index contributed by atoms with van der Waals surface area (Å²) in [7, 11) is 0. The predicted octanol–water partition coefficient (Wildman–Crippen LogP) is 14.1. The van der Waals surface area contributed by atoms with Crippen LogP contribution in [0.25, 0.3) is 0 Å². The molecule has 54 heavy (non-hydrogen) atoms. The second-order valence-corrected chi connectivity index (χ2v) is 16.3. The van der Waals surface area contributed by atoms with Gasteiger partial charge in [-0.2, -0.15) is 0 Å². The van der Waals surface area contributed by atoms with Gasteiger partial charge in [-0.1, -0.05) is 170 Å². The fourth-order valence-corrected chi connectivity index (χ4v) is 6.89. The van der Waals surface area contributed by atoms with Gasteiger partial charge in [0.15, 0.2) is 0 Å². The van der Waals surface area contributed by atoms with Crippen molar-refractivity contribution in [2.24, 2.45) is 11.8 Å². The minimum Gasteiger partial charge on any atom is -0.465 e. The lowest BCUT2D eigenvalue weighted by Crippen LogP contribution is -2.17. The molecule has 6 nitrogen and oxygen atoms in total. The van der Waals surface area contributed by atoms with Crippen LogP contribution in [-0.4, -0.2) is 51.3 Å². The summed E-state index contributed by atoms with van der Waals surface area (Å²) in [4.78, 5) is 24.0. The first-order valence-corrected chi connectivity index (χ1v) is 24.2. The van der Waals surface area contributed by atoms with Crippen LogP contribution >= 0.6 is 0 Å². The Morgan fingerprint density at radius 3 is 0.944 bits per heavy atom. The van der Waals surface area contributed by atoms with Crippen LogP contribution in [-0.2, 0) is 19.1 Å². The molecule has 324 valence electrons. The largest absolute Gasteiger partial charge is 0.465 e. The van der Waals surface area contributed by atoms with Crippen LogP contribution in [0.15, 0.2) is 0 Å². The van der Waals surface area contributed by atoms with E-state index in [0.29, 0.717) is 37.9 Å². The van der Waals surface area contributed by atoms with E-state index in [1.54, 1.807) is 0 Å². The van der Waals surface area contributed by atoms with Gasteiger partial charge in [0, 0.05) is 12.8 Å². The zero-order valence-electron chi connectivity index (χ0n) is 37.7. The Bertz CT molecular complexity index is 674. The smallest absolute Gasteiger partial charge is 0.305 e. The van der Waals surface area contributed by atoms with E-state index in [9.17, 15) is 9.59 Å². The first kappa shape index (κ1) is 55.0. The maximum Gasteiger partial charge on any atom is 0.305 e. The second kappa shape index (κ2) is 48.0. The Labute approximate surface area is 339 Å². The van der Waals surface area contributed by atoms with Gasteiger partial charge in [0.1, 0.15) is 0 Å². The van der Waals surface area contributed by atoms with E-state index in [1.807, 2.05) is 0 Å². The van der Waals surface area contributed by atoms with Gasteiger partial charge in [0.25, 0.3) is 0 Å². The molecule has 2 N–H and O–H groups in total. The van der Waals surface area contributed by atoms with E-state index in [2.05, 4.69) is 52.2 Å². The molecule has 0 radical (unpaired) electrons. The number of ether oxygens (including phenoxy) is 2. The summed E-state index contributed by atoms with van der Waals surface area (Å²) in [5.41, 5.74) is 0. The first-order chi connectivity index (χ1) is 26.5. The van der Waals surface area contributed by atoms with Gasteiger partial charge in [0.05, 0.1) is 13.2 Å². The van der Waals surface area contributed by atoms with Crippen molar-refractivity contribution in [3.05, 3.63) is 0 Å². The molecule has 6 heteroatoms. The Morgan fingerprint density at radius 2 is 0.630 bits per heavy atom. The predicted molar refractivity (Wildman–Crippen MR) is 236 cm³/mol. The molecule has 0 heterocycles. The van der Waals surface area contributed by atoms with Crippen molar-refractivity contribution in [2.45, 2.75) is 247 Å². The van der Waals surface area contributed by atoms with Crippen molar-refractivity contribution in [1.29, 1.82) is 0 Å². The summed E-state index contributed by atoms with van der Waals surface area (Å²) in [6.45, 7) is 19.2. The van der Waals surface area contributed by atoms with Crippen molar-refractivity contribution in [3.8, 4) is 0 Å². The van der Waals surface area contributed by atoms with E-state index in [4.69, 9.17) is 9.47 Å². The average Bonchev–Trinajstić information content (AvgIpc) is 3.18. The van der Waals surface area contributed by atoms with Crippen molar-refractivity contribution in [2.75, 3.05) is 39.4 Å². The molecule has 2 unspecified atom stereocenters. The number of carbonyl (C=O) groups is 2. The second-order valence-electron chi connectivity index (χ2n) is 16.3. The van der Waals surface area contributed by atoms with Crippen LogP contribution in [0.2, 0.25) is 0 Å². The van der Waals surface area contributed by atoms with Gasteiger partial charge >= 0.3 is 11.9 Å². The Morgan fingerprint density at radius 1 is 0.352 bits per heavy atom. The van der Waals surface area contributed by atoms with Gasteiger partial charge in [-0.05, 0) is 102 Å². The quantitative estimate of drug-likeness (QED) is 0.0476. The SMILES string of the molecule is CCCCCCNCCCCCC(=O)OCC(CCCC)CCCCCC.CCCCCCNCCCCCC(=O)OCC(CCCC)CCCCCC. The molecule has 0 aliphatic rings. The summed E-state index contributed by atoms with van der Waals surface area (Å²) in [5.74, 6) is 1.17. The molecule has 0 bridgehead atoms. The fraction of sp³-hybridized carbons (Fsp3) is 0.958. The number of carbonyl (C=O) groups excluding carboxylic acids is 2. The number of nitrogens with one attached hydrogen (secondary N) is 2. The number of hydrogen-bond donors (Lipinski definition) is 2. The number of unbranched alkanes of at least 4 members (excludes halogenated alkanes) is 18. The Balaban J connectivity index is 0. The monoisotopic (exact) mass is 767 g/mol. The highest BCUT2D eigenvalue weighted by Gasteiger charge is 2.13. The van der Waals surface area contributed by atoms with Crippen LogP contribution in [0.1, 0.15) is 247 Å². The molecule has 0 aliphatic carbocycles. The van der Waals surface area contributed by atoms with Crippen molar-refractivity contribution < 1.29 is 19.1 Å². The third-order valence-corrected chi connectivity index (χ3v) is 10.7. The first-order valence-electron chi connectivity index (χ1n) is 24.2. The topological polar surface area (TPSA) is 76.7 Å². The molecule has 0 aromatic rings. The van der Waals surface area contributed by atoms with Crippen LogP contribution in [0.5, 0.6) is 0 Å². The van der Waals surface area contributed by atoms with Crippen molar-refractivity contribution in [3.63, 3.8) is 0 Å². The van der Waals surface area contributed by atoms with Gasteiger partial charge in [0.2, 0.25) is 0 Å². The number of esters is 2. The molecule has 0 aromatic carbocycles. The lowest BCUT2D eigenvalue weighted by Gasteiger charge is -2.16. The zero-order chi connectivity index (χ0) is 40.0. The maximum atomic E-state index is 12.0. The molecule has 0 aromatic heterocycles. The molecule has 0 saturated heterocycles. The lowest BCUT2D eigenvalue weighted by molar-refractivity contribution is -0.146. The van der Waals surface area contributed by atoms with Gasteiger partial charge < -0.3 is 20.1 Å². The van der Waals surface area contributed by atoms with E-state index in [0.717, 1.165) is 64.7 Å². The van der Waals surface area contributed by atoms with E-state index in [1.165, 1.54) is 154 Å². The van der Waals surface area contributed by atoms with Gasteiger partial charge in [-0.15, -0.1) is 0 Å². The minimum absolute atomic E-state index is 0.0116. The van der Waals surface area contributed by atoms with Crippen molar-refractivity contribution in [1.82, 2.24) is 10.6 Å². The lowest BCUT2D eigenvalue weighted by atomic mass is 9.96. The summed E-state index contributed by atoms with van der Waals surface area (Å²) >= 11 is 0. The Hall–Kier alpha value is -1.14. The molecule has 2 atom stereocenters. The molecular weight excluding hydrogens is 669 g/mol. The average molecular weight is 767 g/mol. The van der Waals surface area contributed by atoms with Crippen LogP contribution in [0.4, 0.5) is 0 Å². The third-order valence-electron chi connectivity index (χ3n) is 10.7. The summed E-state index contributed by atoms with van der Waals surface area (Å²) < 4.78 is 11.2. The molecular formula is C48H98N2O4. The molecule has 0 fully saturated rings. The summed E-state index contributed by atoms with van der Waals surface area (Å²) in [5, 5.41) is 7.01. The molecule has 0 amide bonds. The van der Waals surface area contributed by atoms with E-state index < -0.39 is 0 Å². The highest BCUT2D eigenvalue weighted by atomic mass is 16.5. The summed E-state index contributed by atoms with van der Waals surface area (Å²) in [6, 6.07) is 0. The van der Waals surface area contributed by atoms with E-state index in [-0.39, 0.29) is 11.9 Å². The minimum atomic E-state index is 0.0116. The van der Waals surface area contributed by atoms with Crippen LogP contribution < -0.4 is 10.6 Å². The fourth-order valence-electron chi connectivity index (χ4n) is 6.89.